The fourth-order valence-electron chi connectivity index (χ4n) is 1.52. The maximum Gasteiger partial charge on any atom is 0.0578 e. The maximum absolute atomic E-state index is 5.75. The van der Waals surface area contributed by atoms with Crippen LogP contribution >= 0.6 is 11.3 Å². The molecule has 16 heavy (non-hydrogen) atoms. The molecule has 84 valence electrons. The Morgan fingerprint density at radius 1 is 1.19 bits per heavy atom. The van der Waals surface area contributed by atoms with Gasteiger partial charge >= 0.3 is 0 Å². The second-order valence-electron chi connectivity index (χ2n) is 3.73. The molecule has 2 rings (SSSR count). The topological polar surface area (TPSA) is 64.1 Å². The molecule has 0 radical (unpaired) electrons. The summed E-state index contributed by atoms with van der Waals surface area (Å²) in [5, 5.41) is 5.46. The SMILES string of the molecule is CC(Nc1ccc(N)c(N)c1)c1cccs1. The average molecular weight is 233 g/mol. The first-order chi connectivity index (χ1) is 7.66. The van der Waals surface area contributed by atoms with Gasteiger partial charge in [0.05, 0.1) is 17.4 Å². The highest BCUT2D eigenvalue weighted by molar-refractivity contribution is 7.10. The molecule has 0 fully saturated rings. The zero-order valence-corrected chi connectivity index (χ0v) is 9.92. The lowest BCUT2D eigenvalue weighted by Gasteiger charge is -2.14. The van der Waals surface area contributed by atoms with Crippen molar-refractivity contribution in [2.24, 2.45) is 0 Å². The predicted octanol–water partition coefficient (Wildman–Crippen LogP) is 3.09. The van der Waals surface area contributed by atoms with Crippen LogP contribution in [0, 0.1) is 0 Å². The number of hydrogen-bond acceptors (Lipinski definition) is 4. The molecule has 1 unspecified atom stereocenters. The molecular weight excluding hydrogens is 218 g/mol. The quantitative estimate of drug-likeness (QED) is 0.714. The number of benzene rings is 1. The van der Waals surface area contributed by atoms with Gasteiger partial charge in [0, 0.05) is 10.6 Å². The minimum Gasteiger partial charge on any atom is -0.397 e. The van der Waals surface area contributed by atoms with Crippen molar-refractivity contribution in [2.45, 2.75) is 13.0 Å². The van der Waals surface area contributed by atoms with Crippen molar-refractivity contribution < 1.29 is 0 Å². The summed E-state index contributed by atoms with van der Waals surface area (Å²) < 4.78 is 0. The molecule has 0 aliphatic carbocycles. The van der Waals surface area contributed by atoms with Crippen LogP contribution < -0.4 is 16.8 Å². The number of hydrogen-bond donors (Lipinski definition) is 3. The van der Waals surface area contributed by atoms with Crippen molar-refractivity contribution >= 4 is 28.4 Å². The Labute approximate surface area is 99.1 Å². The van der Waals surface area contributed by atoms with E-state index in [1.54, 1.807) is 11.3 Å². The highest BCUT2D eigenvalue weighted by Gasteiger charge is 2.06. The van der Waals surface area contributed by atoms with Gasteiger partial charge < -0.3 is 16.8 Å². The Balaban J connectivity index is 2.12. The minimum absolute atomic E-state index is 0.281. The molecule has 0 aliphatic rings. The molecule has 0 amide bonds. The van der Waals surface area contributed by atoms with Crippen molar-refractivity contribution in [1.82, 2.24) is 0 Å². The summed E-state index contributed by atoms with van der Waals surface area (Å²) in [5.74, 6) is 0. The van der Waals surface area contributed by atoms with E-state index in [1.807, 2.05) is 18.2 Å². The monoisotopic (exact) mass is 233 g/mol. The summed E-state index contributed by atoms with van der Waals surface area (Å²) in [4.78, 5) is 1.30. The average Bonchev–Trinajstić information content (AvgIpc) is 2.77. The van der Waals surface area contributed by atoms with E-state index >= 15 is 0 Å². The Hall–Kier alpha value is -1.68. The predicted molar refractivity (Wildman–Crippen MR) is 71.6 cm³/mol. The van der Waals surface area contributed by atoms with Gasteiger partial charge in [0.1, 0.15) is 0 Å². The van der Waals surface area contributed by atoms with Crippen molar-refractivity contribution in [3.63, 3.8) is 0 Å². The highest BCUT2D eigenvalue weighted by atomic mass is 32.1. The van der Waals surface area contributed by atoms with Gasteiger partial charge in [0.25, 0.3) is 0 Å². The van der Waals surface area contributed by atoms with E-state index in [4.69, 9.17) is 11.5 Å². The third-order valence-electron chi connectivity index (χ3n) is 2.44. The van der Waals surface area contributed by atoms with Gasteiger partial charge in [-0.1, -0.05) is 6.07 Å². The van der Waals surface area contributed by atoms with E-state index in [1.165, 1.54) is 4.88 Å². The molecule has 4 heteroatoms. The Kier molecular flexibility index (Phi) is 3.01. The molecular formula is C12H15N3S. The smallest absolute Gasteiger partial charge is 0.0578 e. The number of nitrogen functional groups attached to an aromatic ring is 2. The molecule has 1 aromatic carbocycles. The molecule has 1 atom stereocenters. The lowest BCUT2D eigenvalue weighted by atomic mass is 10.2. The van der Waals surface area contributed by atoms with Gasteiger partial charge in [-0.05, 0) is 36.6 Å². The van der Waals surface area contributed by atoms with Crippen molar-refractivity contribution in [3.05, 3.63) is 40.6 Å². The second kappa shape index (κ2) is 4.45. The van der Waals surface area contributed by atoms with Gasteiger partial charge in [-0.2, -0.15) is 0 Å². The molecule has 2 aromatic rings. The van der Waals surface area contributed by atoms with Crippen molar-refractivity contribution in [3.8, 4) is 0 Å². The van der Waals surface area contributed by atoms with E-state index in [-0.39, 0.29) is 6.04 Å². The molecule has 0 saturated heterocycles. The highest BCUT2D eigenvalue weighted by Crippen LogP contribution is 2.25. The number of nitrogens with two attached hydrogens (primary N) is 2. The van der Waals surface area contributed by atoms with E-state index in [2.05, 4.69) is 29.8 Å². The normalized spacial score (nSPS) is 12.3. The summed E-state index contributed by atoms with van der Waals surface area (Å²) >= 11 is 1.74. The molecule has 3 nitrogen and oxygen atoms in total. The zero-order valence-electron chi connectivity index (χ0n) is 9.10. The Morgan fingerprint density at radius 2 is 2.00 bits per heavy atom. The van der Waals surface area contributed by atoms with Crippen LogP contribution in [0.5, 0.6) is 0 Å². The van der Waals surface area contributed by atoms with Crippen LogP contribution in [-0.4, -0.2) is 0 Å². The first-order valence-electron chi connectivity index (χ1n) is 5.12. The van der Waals surface area contributed by atoms with Gasteiger partial charge in [-0.25, -0.2) is 0 Å². The lowest BCUT2D eigenvalue weighted by Crippen LogP contribution is -2.05. The number of thiophene rings is 1. The lowest BCUT2D eigenvalue weighted by molar-refractivity contribution is 0.908. The van der Waals surface area contributed by atoms with Gasteiger partial charge in [0.2, 0.25) is 0 Å². The van der Waals surface area contributed by atoms with Crippen LogP contribution in [0.4, 0.5) is 17.1 Å². The van der Waals surface area contributed by atoms with Crippen LogP contribution in [0.3, 0.4) is 0 Å². The van der Waals surface area contributed by atoms with E-state index in [0.29, 0.717) is 11.4 Å². The van der Waals surface area contributed by atoms with Crippen LogP contribution in [0.15, 0.2) is 35.7 Å². The minimum atomic E-state index is 0.281. The van der Waals surface area contributed by atoms with E-state index in [9.17, 15) is 0 Å². The zero-order chi connectivity index (χ0) is 11.5. The Morgan fingerprint density at radius 3 is 2.62 bits per heavy atom. The van der Waals surface area contributed by atoms with Gasteiger partial charge in [-0.15, -0.1) is 11.3 Å². The van der Waals surface area contributed by atoms with Crippen LogP contribution in [0.25, 0.3) is 0 Å². The van der Waals surface area contributed by atoms with Gasteiger partial charge in [0.15, 0.2) is 0 Å². The third kappa shape index (κ3) is 2.28. The van der Waals surface area contributed by atoms with E-state index < -0.39 is 0 Å². The maximum atomic E-state index is 5.75. The second-order valence-corrected chi connectivity index (χ2v) is 4.70. The standard InChI is InChI=1S/C12H15N3S/c1-8(12-3-2-6-16-12)15-9-4-5-10(13)11(14)7-9/h2-8,15H,13-14H2,1H3. The molecule has 0 aliphatic heterocycles. The molecule has 5 N–H and O–H groups in total. The first kappa shape index (κ1) is 10.8. The first-order valence-corrected chi connectivity index (χ1v) is 5.99. The van der Waals surface area contributed by atoms with E-state index in [0.717, 1.165) is 5.69 Å². The van der Waals surface area contributed by atoms with Crippen molar-refractivity contribution in [1.29, 1.82) is 0 Å². The molecule has 1 aromatic heterocycles. The third-order valence-corrected chi connectivity index (χ3v) is 3.49. The summed E-state index contributed by atoms with van der Waals surface area (Å²) in [7, 11) is 0. The molecule has 0 spiro atoms. The number of rotatable bonds is 3. The van der Waals surface area contributed by atoms with Gasteiger partial charge in [-0.3, -0.25) is 0 Å². The molecule has 0 bridgehead atoms. The summed E-state index contributed by atoms with van der Waals surface area (Å²) in [6, 6.07) is 10.1. The van der Waals surface area contributed by atoms with Crippen LogP contribution in [0.1, 0.15) is 17.8 Å². The largest absolute Gasteiger partial charge is 0.397 e. The number of nitrogens with one attached hydrogen (secondary N) is 1. The summed E-state index contributed by atoms with van der Waals surface area (Å²) in [6.07, 6.45) is 0. The van der Waals surface area contributed by atoms with Crippen molar-refractivity contribution in [2.75, 3.05) is 16.8 Å². The van der Waals surface area contributed by atoms with Crippen LogP contribution in [-0.2, 0) is 0 Å². The fraction of sp³-hybridized carbons (Fsp3) is 0.167. The number of anilines is 3. The van der Waals surface area contributed by atoms with Crippen LogP contribution in [0.2, 0.25) is 0 Å². The Bertz CT molecular complexity index is 465. The molecule has 0 saturated carbocycles. The molecule has 1 heterocycles. The fourth-order valence-corrected chi connectivity index (χ4v) is 2.26. The summed E-state index contributed by atoms with van der Waals surface area (Å²) in [6.45, 7) is 2.12. The summed E-state index contributed by atoms with van der Waals surface area (Å²) in [5.41, 5.74) is 13.6.